The summed E-state index contributed by atoms with van der Waals surface area (Å²) < 4.78 is 57.9. The van der Waals surface area contributed by atoms with E-state index >= 15 is 0 Å². The van der Waals surface area contributed by atoms with Crippen molar-refractivity contribution < 1.29 is 22.3 Å². The van der Waals surface area contributed by atoms with Crippen molar-refractivity contribution >= 4 is 11.5 Å². The second kappa shape index (κ2) is 6.95. The highest BCUT2D eigenvalue weighted by Gasteiger charge is 2.34. The van der Waals surface area contributed by atoms with Crippen LogP contribution in [-0.4, -0.2) is 22.1 Å². The fraction of sp³-hybridized carbons (Fsp3) is 0.118. The molecule has 2 heterocycles. The Morgan fingerprint density at radius 1 is 1.08 bits per heavy atom. The van der Waals surface area contributed by atoms with Crippen molar-refractivity contribution in [1.82, 2.24) is 15.0 Å². The molecule has 3 aromatic rings. The van der Waals surface area contributed by atoms with E-state index in [0.717, 1.165) is 12.1 Å². The minimum absolute atomic E-state index is 0.0485. The molecule has 0 aliphatic rings. The van der Waals surface area contributed by atoms with Crippen LogP contribution in [0.4, 0.5) is 29.1 Å². The molecule has 0 saturated heterocycles. The van der Waals surface area contributed by atoms with Crippen LogP contribution in [0.15, 0.2) is 48.8 Å². The highest BCUT2D eigenvalue weighted by Crippen LogP contribution is 2.32. The van der Waals surface area contributed by atoms with Crippen LogP contribution in [0.3, 0.4) is 0 Å². The van der Waals surface area contributed by atoms with Crippen molar-refractivity contribution in [3.05, 3.63) is 60.3 Å². The Morgan fingerprint density at radius 3 is 2.54 bits per heavy atom. The summed E-state index contributed by atoms with van der Waals surface area (Å²) in [6, 6.07) is 7.69. The topological polar surface area (TPSA) is 59.9 Å². The Hall–Kier alpha value is -3.23. The monoisotopic (exact) mass is 364 g/mol. The first-order valence-corrected chi connectivity index (χ1v) is 7.34. The molecule has 1 N–H and O–H groups in total. The zero-order valence-electron chi connectivity index (χ0n) is 13.4. The Morgan fingerprint density at radius 2 is 1.88 bits per heavy atom. The number of halogens is 4. The van der Waals surface area contributed by atoms with Gasteiger partial charge in [0.2, 0.25) is 0 Å². The van der Waals surface area contributed by atoms with E-state index in [2.05, 4.69) is 20.3 Å². The minimum Gasteiger partial charge on any atom is -0.494 e. The van der Waals surface area contributed by atoms with Gasteiger partial charge in [0, 0.05) is 35.8 Å². The van der Waals surface area contributed by atoms with Gasteiger partial charge in [-0.15, -0.1) is 0 Å². The number of benzene rings is 1. The van der Waals surface area contributed by atoms with E-state index in [1.807, 2.05) is 0 Å². The molecule has 3 rings (SSSR count). The summed E-state index contributed by atoms with van der Waals surface area (Å²) in [7, 11) is 1.29. The molecule has 0 atom stereocenters. The molecule has 0 bridgehead atoms. The maximum Gasteiger partial charge on any atom is 0.433 e. The fourth-order valence-corrected chi connectivity index (χ4v) is 2.17. The molecule has 5 nitrogen and oxygen atoms in total. The van der Waals surface area contributed by atoms with Gasteiger partial charge in [-0.1, -0.05) is 0 Å². The maximum atomic E-state index is 13.5. The number of methoxy groups -OCH3 is 1. The number of aromatic nitrogens is 3. The number of nitrogens with zero attached hydrogens (tertiary/aromatic N) is 3. The number of hydrogen-bond acceptors (Lipinski definition) is 5. The molecule has 0 fully saturated rings. The molecule has 0 aliphatic carbocycles. The Bertz CT molecular complexity index is 916. The molecule has 1 aromatic carbocycles. The molecule has 0 spiro atoms. The van der Waals surface area contributed by atoms with E-state index in [9.17, 15) is 17.6 Å². The van der Waals surface area contributed by atoms with Crippen LogP contribution >= 0.6 is 0 Å². The molecule has 0 saturated carbocycles. The van der Waals surface area contributed by atoms with Gasteiger partial charge >= 0.3 is 6.18 Å². The number of rotatable bonds is 4. The van der Waals surface area contributed by atoms with E-state index in [4.69, 9.17) is 4.74 Å². The second-order valence-electron chi connectivity index (χ2n) is 5.18. The van der Waals surface area contributed by atoms with E-state index < -0.39 is 17.7 Å². The number of alkyl halides is 3. The summed E-state index contributed by atoms with van der Waals surface area (Å²) >= 11 is 0. The highest BCUT2D eigenvalue weighted by molar-refractivity contribution is 5.62. The third-order valence-corrected chi connectivity index (χ3v) is 3.36. The lowest BCUT2D eigenvalue weighted by molar-refractivity contribution is -0.141. The smallest absolute Gasteiger partial charge is 0.433 e. The Balaban J connectivity index is 2.03. The lowest BCUT2D eigenvalue weighted by atomic mass is 10.2. The van der Waals surface area contributed by atoms with Crippen LogP contribution in [0.1, 0.15) is 5.69 Å². The normalized spacial score (nSPS) is 11.3. The lowest BCUT2D eigenvalue weighted by Crippen LogP contribution is -2.11. The SMILES string of the molecule is COc1cc(Nc2cc(C(F)(F)F)nc(-c3cccnc3)n2)ccc1F. The van der Waals surface area contributed by atoms with Crippen LogP contribution in [0.2, 0.25) is 0 Å². The largest absolute Gasteiger partial charge is 0.494 e. The number of ether oxygens (including phenoxy) is 1. The summed E-state index contributed by atoms with van der Waals surface area (Å²) in [5.41, 5.74) is -0.464. The third-order valence-electron chi connectivity index (χ3n) is 3.36. The molecule has 9 heteroatoms. The summed E-state index contributed by atoms with van der Waals surface area (Å²) in [5.74, 6) is -0.871. The molecular weight excluding hydrogens is 352 g/mol. The number of hydrogen-bond donors (Lipinski definition) is 1. The van der Waals surface area contributed by atoms with E-state index in [1.165, 1.54) is 31.6 Å². The first kappa shape index (κ1) is 17.6. The molecule has 0 unspecified atom stereocenters. The van der Waals surface area contributed by atoms with Crippen molar-refractivity contribution in [2.45, 2.75) is 6.18 Å². The number of anilines is 2. The van der Waals surface area contributed by atoms with Gasteiger partial charge in [0.1, 0.15) is 5.82 Å². The molecule has 2 aromatic heterocycles. The molecular formula is C17H12F4N4O. The van der Waals surface area contributed by atoms with E-state index in [-0.39, 0.29) is 17.4 Å². The Kier molecular flexibility index (Phi) is 4.70. The molecule has 0 amide bonds. The average Bonchev–Trinajstić information content (AvgIpc) is 2.63. The van der Waals surface area contributed by atoms with Crippen LogP contribution < -0.4 is 10.1 Å². The summed E-state index contributed by atoms with van der Waals surface area (Å²) in [5, 5.41) is 2.71. The van der Waals surface area contributed by atoms with Gasteiger partial charge in [-0.05, 0) is 24.3 Å². The standard InChI is InChI=1S/C17H12F4N4O/c1-26-13-7-11(4-5-12(13)18)23-15-8-14(17(19,20)21)24-16(25-15)10-3-2-6-22-9-10/h2-9H,1H3,(H,23,24,25). The molecule has 0 aliphatic heterocycles. The first-order valence-electron chi connectivity index (χ1n) is 7.34. The third kappa shape index (κ3) is 3.88. The molecule has 0 radical (unpaired) electrons. The van der Waals surface area contributed by atoms with Crippen LogP contribution in [0, 0.1) is 5.82 Å². The second-order valence-corrected chi connectivity index (χ2v) is 5.18. The quantitative estimate of drug-likeness (QED) is 0.693. The van der Waals surface area contributed by atoms with Crippen molar-refractivity contribution in [3.63, 3.8) is 0 Å². The van der Waals surface area contributed by atoms with Crippen molar-refractivity contribution in [3.8, 4) is 17.1 Å². The summed E-state index contributed by atoms with van der Waals surface area (Å²) in [4.78, 5) is 11.5. The predicted octanol–water partition coefficient (Wildman–Crippen LogP) is 4.45. The molecule has 134 valence electrons. The maximum absolute atomic E-state index is 13.5. The zero-order valence-corrected chi connectivity index (χ0v) is 13.4. The van der Waals surface area contributed by atoms with Gasteiger partial charge in [0.25, 0.3) is 0 Å². The lowest BCUT2D eigenvalue weighted by Gasteiger charge is -2.12. The van der Waals surface area contributed by atoms with Crippen LogP contribution in [0.25, 0.3) is 11.4 Å². The number of pyridine rings is 1. The van der Waals surface area contributed by atoms with Gasteiger partial charge < -0.3 is 10.1 Å². The summed E-state index contributed by atoms with van der Waals surface area (Å²) in [6.45, 7) is 0. The van der Waals surface area contributed by atoms with Crippen LogP contribution in [0.5, 0.6) is 5.75 Å². The van der Waals surface area contributed by atoms with Gasteiger partial charge in [0.15, 0.2) is 23.1 Å². The summed E-state index contributed by atoms with van der Waals surface area (Å²) in [6.07, 6.45) is -1.81. The van der Waals surface area contributed by atoms with E-state index in [0.29, 0.717) is 11.3 Å². The average molecular weight is 364 g/mol. The predicted molar refractivity (Wildman–Crippen MR) is 86.5 cm³/mol. The van der Waals surface area contributed by atoms with Crippen molar-refractivity contribution in [2.24, 2.45) is 0 Å². The van der Waals surface area contributed by atoms with Gasteiger partial charge in [0.05, 0.1) is 7.11 Å². The fourth-order valence-electron chi connectivity index (χ4n) is 2.17. The number of nitrogens with one attached hydrogen (secondary N) is 1. The van der Waals surface area contributed by atoms with Gasteiger partial charge in [-0.2, -0.15) is 13.2 Å². The van der Waals surface area contributed by atoms with Gasteiger partial charge in [-0.3, -0.25) is 4.98 Å². The van der Waals surface area contributed by atoms with Crippen LogP contribution in [-0.2, 0) is 6.18 Å². The Labute approximate surface area is 145 Å². The highest BCUT2D eigenvalue weighted by atomic mass is 19.4. The van der Waals surface area contributed by atoms with Crippen molar-refractivity contribution in [2.75, 3.05) is 12.4 Å². The van der Waals surface area contributed by atoms with Gasteiger partial charge in [-0.25, -0.2) is 14.4 Å². The van der Waals surface area contributed by atoms with Crippen molar-refractivity contribution in [1.29, 1.82) is 0 Å². The molecule has 26 heavy (non-hydrogen) atoms. The minimum atomic E-state index is -4.66. The van der Waals surface area contributed by atoms with E-state index in [1.54, 1.807) is 12.1 Å². The zero-order chi connectivity index (χ0) is 18.7. The first-order chi connectivity index (χ1) is 12.4.